The fraction of sp³-hybridized carbons (Fsp3) is 0.625. The Morgan fingerprint density at radius 1 is 1.05 bits per heavy atom. The van der Waals surface area contributed by atoms with Gasteiger partial charge in [-0.25, -0.2) is 0 Å². The molecular weight excluding hydrogens is 284 g/mol. The maximum absolute atomic E-state index is 12.8. The van der Waals surface area contributed by atoms with E-state index in [9.17, 15) is 9.59 Å². The van der Waals surface area contributed by atoms with Gasteiger partial charge in [0.05, 0.1) is 4.88 Å². The lowest BCUT2D eigenvalue weighted by atomic mass is 10.2. The van der Waals surface area contributed by atoms with Crippen LogP contribution >= 0.6 is 11.3 Å². The molecule has 2 saturated heterocycles. The number of hydrogen-bond donors (Lipinski definition) is 0. The highest BCUT2D eigenvalue weighted by atomic mass is 32.1. The first kappa shape index (κ1) is 14.6. The first-order valence-corrected chi connectivity index (χ1v) is 8.78. The third-order valence-corrected chi connectivity index (χ3v) is 5.31. The summed E-state index contributed by atoms with van der Waals surface area (Å²) >= 11 is 1.45. The summed E-state index contributed by atoms with van der Waals surface area (Å²) in [6.45, 7) is 2.42. The van der Waals surface area contributed by atoms with Gasteiger partial charge in [-0.2, -0.15) is 0 Å². The molecule has 0 bridgehead atoms. The molecule has 4 nitrogen and oxygen atoms in total. The number of hydrogen-bond acceptors (Lipinski definition) is 3. The molecule has 21 heavy (non-hydrogen) atoms. The summed E-state index contributed by atoms with van der Waals surface area (Å²) in [6, 6.07) is 3.50. The molecule has 0 aromatic carbocycles. The van der Waals surface area contributed by atoms with Gasteiger partial charge in [-0.05, 0) is 37.1 Å². The Morgan fingerprint density at radius 2 is 1.81 bits per heavy atom. The summed E-state index contributed by atoms with van der Waals surface area (Å²) in [5.74, 6) is 0.190. The predicted octanol–water partition coefficient (Wildman–Crippen LogP) is 2.76. The van der Waals surface area contributed by atoms with Gasteiger partial charge in [0.1, 0.15) is 6.04 Å². The summed E-state index contributed by atoms with van der Waals surface area (Å²) in [6.07, 6.45) is 6.36. The van der Waals surface area contributed by atoms with E-state index in [0.29, 0.717) is 6.54 Å². The van der Waals surface area contributed by atoms with Crippen molar-refractivity contribution >= 4 is 23.2 Å². The van der Waals surface area contributed by atoms with E-state index in [4.69, 9.17) is 0 Å². The molecule has 5 heteroatoms. The van der Waals surface area contributed by atoms with Gasteiger partial charge in [0, 0.05) is 19.6 Å². The van der Waals surface area contributed by atoms with Crippen LogP contribution in [0.5, 0.6) is 0 Å². The van der Waals surface area contributed by atoms with Crippen LogP contribution < -0.4 is 0 Å². The van der Waals surface area contributed by atoms with Crippen molar-refractivity contribution in [1.29, 1.82) is 0 Å². The number of nitrogens with zero attached hydrogens (tertiary/aromatic N) is 2. The molecule has 1 aromatic heterocycles. The monoisotopic (exact) mass is 306 g/mol. The van der Waals surface area contributed by atoms with Gasteiger partial charge in [-0.3, -0.25) is 9.59 Å². The highest BCUT2D eigenvalue weighted by Gasteiger charge is 2.37. The maximum atomic E-state index is 12.8. The fourth-order valence-electron chi connectivity index (χ4n) is 3.31. The molecule has 3 heterocycles. The molecule has 3 rings (SSSR count). The average molecular weight is 306 g/mol. The number of thiophene rings is 1. The minimum absolute atomic E-state index is 0.0238. The SMILES string of the molecule is O=C(C1CCCN1C(=O)c1cccs1)N1CCCCCC1. The van der Waals surface area contributed by atoms with Crippen LogP contribution in [0.2, 0.25) is 0 Å². The van der Waals surface area contributed by atoms with Crippen LogP contribution in [0.15, 0.2) is 17.5 Å². The van der Waals surface area contributed by atoms with Crippen molar-refractivity contribution in [2.75, 3.05) is 19.6 Å². The van der Waals surface area contributed by atoms with Crippen molar-refractivity contribution in [1.82, 2.24) is 9.80 Å². The third-order valence-electron chi connectivity index (χ3n) is 4.45. The molecule has 0 N–H and O–H groups in total. The number of carbonyl (C=O) groups is 2. The van der Waals surface area contributed by atoms with Gasteiger partial charge in [0.15, 0.2) is 0 Å². The average Bonchev–Trinajstić information content (AvgIpc) is 3.12. The standard InChI is InChI=1S/C16H22N2O2S/c19-15(17-9-3-1-2-4-10-17)13-7-5-11-18(13)16(20)14-8-6-12-21-14/h6,8,12-13H,1-5,7,9-11H2. The molecule has 1 unspecified atom stereocenters. The van der Waals surface area contributed by atoms with E-state index < -0.39 is 0 Å². The normalized spacial score (nSPS) is 23.1. The lowest BCUT2D eigenvalue weighted by Crippen LogP contribution is -2.48. The van der Waals surface area contributed by atoms with E-state index in [1.807, 2.05) is 22.4 Å². The van der Waals surface area contributed by atoms with Crippen molar-refractivity contribution in [3.8, 4) is 0 Å². The van der Waals surface area contributed by atoms with E-state index in [2.05, 4.69) is 0 Å². The zero-order chi connectivity index (χ0) is 14.7. The second-order valence-corrected chi connectivity index (χ2v) is 6.82. The Kier molecular flexibility index (Phi) is 4.58. The molecule has 0 spiro atoms. The van der Waals surface area contributed by atoms with Gasteiger partial charge in [0.2, 0.25) is 5.91 Å². The topological polar surface area (TPSA) is 40.6 Å². The molecule has 0 saturated carbocycles. The molecule has 1 atom stereocenters. The van der Waals surface area contributed by atoms with E-state index in [1.165, 1.54) is 24.2 Å². The molecule has 1 aromatic rings. The largest absolute Gasteiger partial charge is 0.341 e. The molecule has 0 radical (unpaired) electrons. The van der Waals surface area contributed by atoms with Gasteiger partial charge in [-0.1, -0.05) is 18.9 Å². The molecule has 2 aliphatic rings. The fourth-order valence-corrected chi connectivity index (χ4v) is 3.99. The first-order valence-electron chi connectivity index (χ1n) is 7.90. The second-order valence-electron chi connectivity index (χ2n) is 5.87. The van der Waals surface area contributed by atoms with Gasteiger partial charge in [0.25, 0.3) is 5.91 Å². The zero-order valence-corrected chi connectivity index (χ0v) is 13.1. The number of rotatable bonds is 2. The van der Waals surface area contributed by atoms with Crippen molar-refractivity contribution in [2.45, 2.75) is 44.6 Å². The van der Waals surface area contributed by atoms with Crippen molar-refractivity contribution in [2.24, 2.45) is 0 Å². The third kappa shape index (κ3) is 3.12. The van der Waals surface area contributed by atoms with Crippen LogP contribution in [-0.2, 0) is 4.79 Å². The molecule has 114 valence electrons. The molecular formula is C16H22N2O2S. The minimum atomic E-state index is -0.238. The summed E-state index contributed by atoms with van der Waals surface area (Å²) in [4.78, 5) is 29.8. The zero-order valence-electron chi connectivity index (χ0n) is 12.3. The van der Waals surface area contributed by atoms with E-state index >= 15 is 0 Å². The highest BCUT2D eigenvalue weighted by molar-refractivity contribution is 7.12. The summed E-state index contributed by atoms with van der Waals surface area (Å²) < 4.78 is 0. The smallest absolute Gasteiger partial charge is 0.264 e. The van der Waals surface area contributed by atoms with E-state index in [-0.39, 0.29) is 17.9 Å². The summed E-state index contributed by atoms with van der Waals surface area (Å²) in [7, 11) is 0. The highest BCUT2D eigenvalue weighted by Crippen LogP contribution is 2.24. The Balaban J connectivity index is 1.71. The second kappa shape index (κ2) is 6.60. The lowest BCUT2D eigenvalue weighted by Gasteiger charge is -2.29. The van der Waals surface area contributed by atoms with Crippen LogP contribution in [0.1, 0.15) is 48.2 Å². The van der Waals surface area contributed by atoms with Crippen LogP contribution in [0.4, 0.5) is 0 Å². The van der Waals surface area contributed by atoms with Crippen molar-refractivity contribution < 1.29 is 9.59 Å². The summed E-state index contributed by atoms with van der Waals surface area (Å²) in [5.41, 5.74) is 0. The Labute approximate surface area is 129 Å². The predicted molar refractivity (Wildman–Crippen MR) is 83.4 cm³/mol. The van der Waals surface area contributed by atoms with Crippen LogP contribution in [-0.4, -0.2) is 47.3 Å². The first-order chi connectivity index (χ1) is 10.3. The van der Waals surface area contributed by atoms with Crippen LogP contribution in [0.25, 0.3) is 0 Å². The Bertz CT molecular complexity index is 492. The van der Waals surface area contributed by atoms with Crippen LogP contribution in [0, 0.1) is 0 Å². The molecule has 2 amide bonds. The van der Waals surface area contributed by atoms with Crippen molar-refractivity contribution in [3.63, 3.8) is 0 Å². The number of amides is 2. The minimum Gasteiger partial charge on any atom is -0.341 e. The summed E-state index contributed by atoms with van der Waals surface area (Å²) in [5, 5.41) is 1.91. The van der Waals surface area contributed by atoms with Gasteiger partial charge in [-0.15, -0.1) is 11.3 Å². The van der Waals surface area contributed by atoms with Crippen molar-refractivity contribution in [3.05, 3.63) is 22.4 Å². The van der Waals surface area contributed by atoms with E-state index in [1.54, 1.807) is 4.90 Å². The number of carbonyl (C=O) groups excluding carboxylic acids is 2. The van der Waals surface area contributed by atoms with E-state index in [0.717, 1.165) is 43.6 Å². The maximum Gasteiger partial charge on any atom is 0.264 e. The molecule has 2 fully saturated rings. The molecule has 2 aliphatic heterocycles. The number of likely N-dealkylation sites (tertiary alicyclic amines) is 2. The molecule has 0 aliphatic carbocycles. The Morgan fingerprint density at radius 3 is 2.48 bits per heavy atom. The lowest BCUT2D eigenvalue weighted by molar-refractivity contribution is -0.135. The Hall–Kier alpha value is -1.36. The van der Waals surface area contributed by atoms with Gasteiger partial charge < -0.3 is 9.80 Å². The quantitative estimate of drug-likeness (QED) is 0.843. The van der Waals surface area contributed by atoms with Gasteiger partial charge >= 0.3 is 0 Å². The van der Waals surface area contributed by atoms with Crippen LogP contribution in [0.3, 0.4) is 0 Å².